The Bertz CT molecular complexity index is 527. The smallest absolute Gasteiger partial charge is 0.243 e. The maximum atomic E-state index is 12.5. The van der Waals surface area contributed by atoms with E-state index in [1.54, 1.807) is 32.0 Å². The van der Waals surface area contributed by atoms with Crippen LogP contribution in [0.15, 0.2) is 23.1 Å². The van der Waals surface area contributed by atoms with Crippen molar-refractivity contribution >= 4 is 10.0 Å². The fourth-order valence-electron chi connectivity index (χ4n) is 1.95. The number of nitrogens with zero attached hydrogens (tertiary/aromatic N) is 1. The summed E-state index contributed by atoms with van der Waals surface area (Å²) in [6.45, 7) is 5.70. The molecule has 0 spiro atoms. The van der Waals surface area contributed by atoms with Gasteiger partial charge in [-0.15, -0.1) is 0 Å². The van der Waals surface area contributed by atoms with Crippen LogP contribution in [0.3, 0.4) is 0 Å². The number of rotatable bonds is 6. The number of benzene rings is 1. The van der Waals surface area contributed by atoms with Crippen molar-refractivity contribution < 1.29 is 13.5 Å². The molecule has 1 aromatic carbocycles. The maximum absolute atomic E-state index is 12.5. The molecule has 0 atom stereocenters. The first-order valence-corrected chi connectivity index (χ1v) is 7.71. The van der Waals surface area contributed by atoms with Crippen molar-refractivity contribution in [2.75, 3.05) is 13.2 Å². The number of hydrogen-bond acceptors (Lipinski definition) is 4. The third kappa shape index (κ3) is 3.54. The summed E-state index contributed by atoms with van der Waals surface area (Å²) in [5.41, 5.74) is 7.36. The average Bonchev–Trinajstić information content (AvgIpc) is 2.35. The SMILES string of the molecule is Cc1cc(S(=O)(=O)N(CCO)C(C)C)ccc1CN. The summed E-state index contributed by atoms with van der Waals surface area (Å²) in [6, 6.07) is 4.73. The average molecular weight is 286 g/mol. The predicted molar refractivity (Wildman–Crippen MR) is 75.2 cm³/mol. The first kappa shape index (κ1) is 16.1. The summed E-state index contributed by atoms with van der Waals surface area (Å²) in [6.07, 6.45) is 0. The highest BCUT2D eigenvalue weighted by Gasteiger charge is 2.26. The molecule has 0 aliphatic rings. The van der Waals surface area contributed by atoms with Crippen LogP contribution in [0.5, 0.6) is 0 Å². The van der Waals surface area contributed by atoms with E-state index in [9.17, 15) is 8.42 Å². The summed E-state index contributed by atoms with van der Waals surface area (Å²) in [4.78, 5) is 0.240. The highest BCUT2D eigenvalue weighted by Crippen LogP contribution is 2.20. The molecule has 1 aromatic rings. The third-order valence-electron chi connectivity index (χ3n) is 3.04. The largest absolute Gasteiger partial charge is 0.395 e. The van der Waals surface area contributed by atoms with E-state index in [-0.39, 0.29) is 24.1 Å². The number of aryl methyl sites for hydroxylation is 1. The molecule has 0 aromatic heterocycles. The zero-order chi connectivity index (χ0) is 14.6. The van der Waals surface area contributed by atoms with Crippen LogP contribution in [0.2, 0.25) is 0 Å². The van der Waals surface area contributed by atoms with Crippen LogP contribution >= 0.6 is 0 Å². The van der Waals surface area contributed by atoms with Crippen molar-refractivity contribution in [3.63, 3.8) is 0 Å². The molecule has 108 valence electrons. The number of sulfonamides is 1. The van der Waals surface area contributed by atoms with Gasteiger partial charge in [0, 0.05) is 19.1 Å². The van der Waals surface area contributed by atoms with Gasteiger partial charge in [-0.25, -0.2) is 8.42 Å². The first-order chi connectivity index (χ1) is 8.84. The molecule has 0 aliphatic heterocycles. The topological polar surface area (TPSA) is 83.6 Å². The lowest BCUT2D eigenvalue weighted by Gasteiger charge is -2.25. The minimum atomic E-state index is -3.58. The summed E-state index contributed by atoms with van der Waals surface area (Å²) >= 11 is 0. The molecule has 0 radical (unpaired) electrons. The highest BCUT2D eigenvalue weighted by atomic mass is 32.2. The molecule has 0 heterocycles. The van der Waals surface area contributed by atoms with E-state index < -0.39 is 10.0 Å². The van der Waals surface area contributed by atoms with E-state index in [0.29, 0.717) is 6.54 Å². The summed E-state index contributed by atoms with van der Waals surface area (Å²) < 4.78 is 26.3. The molecular weight excluding hydrogens is 264 g/mol. The molecule has 3 N–H and O–H groups in total. The molecule has 0 unspecified atom stereocenters. The molecule has 0 fully saturated rings. The third-order valence-corrected chi connectivity index (χ3v) is 5.11. The van der Waals surface area contributed by atoms with E-state index >= 15 is 0 Å². The lowest BCUT2D eigenvalue weighted by atomic mass is 10.1. The fraction of sp³-hybridized carbons (Fsp3) is 0.538. The van der Waals surface area contributed by atoms with Crippen molar-refractivity contribution in [3.05, 3.63) is 29.3 Å². The van der Waals surface area contributed by atoms with Crippen molar-refractivity contribution in [1.29, 1.82) is 0 Å². The van der Waals surface area contributed by atoms with Gasteiger partial charge in [0.05, 0.1) is 11.5 Å². The molecule has 0 aliphatic carbocycles. The minimum Gasteiger partial charge on any atom is -0.395 e. The van der Waals surface area contributed by atoms with E-state index in [4.69, 9.17) is 10.8 Å². The Labute approximate surface area is 115 Å². The molecule has 0 saturated carbocycles. The van der Waals surface area contributed by atoms with Crippen molar-refractivity contribution in [1.82, 2.24) is 4.31 Å². The summed E-state index contributed by atoms with van der Waals surface area (Å²) in [5, 5.41) is 9.01. The second kappa shape index (κ2) is 6.47. The van der Waals surface area contributed by atoms with Crippen LogP contribution in [0.25, 0.3) is 0 Å². The van der Waals surface area contributed by atoms with Gasteiger partial charge in [-0.2, -0.15) is 4.31 Å². The monoisotopic (exact) mass is 286 g/mol. The Morgan fingerprint density at radius 2 is 2.00 bits per heavy atom. The normalized spacial score (nSPS) is 12.4. The van der Waals surface area contributed by atoms with Crippen LogP contribution in [0.4, 0.5) is 0 Å². The molecule has 0 saturated heterocycles. The van der Waals surface area contributed by atoms with E-state index in [1.165, 1.54) is 4.31 Å². The zero-order valence-electron chi connectivity index (χ0n) is 11.6. The summed E-state index contributed by atoms with van der Waals surface area (Å²) in [5.74, 6) is 0. The lowest BCUT2D eigenvalue weighted by molar-refractivity contribution is 0.236. The second-order valence-electron chi connectivity index (χ2n) is 4.73. The number of aliphatic hydroxyl groups excluding tert-OH is 1. The van der Waals surface area contributed by atoms with Crippen molar-refractivity contribution in [3.8, 4) is 0 Å². The van der Waals surface area contributed by atoms with Gasteiger partial charge >= 0.3 is 0 Å². The second-order valence-corrected chi connectivity index (χ2v) is 6.62. The molecule has 1 rings (SSSR count). The van der Waals surface area contributed by atoms with Crippen molar-refractivity contribution in [2.45, 2.75) is 38.3 Å². The predicted octanol–water partition coefficient (Wildman–Crippen LogP) is 0.845. The first-order valence-electron chi connectivity index (χ1n) is 6.27. The van der Waals surface area contributed by atoms with Crippen LogP contribution in [0, 0.1) is 6.92 Å². The van der Waals surface area contributed by atoms with Gasteiger partial charge in [0.25, 0.3) is 0 Å². The lowest BCUT2D eigenvalue weighted by Crippen LogP contribution is -2.39. The zero-order valence-corrected chi connectivity index (χ0v) is 12.4. The maximum Gasteiger partial charge on any atom is 0.243 e. The Hall–Kier alpha value is -0.950. The molecular formula is C13H22N2O3S. The van der Waals surface area contributed by atoms with Gasteiger partial charge in [0.15, 0.2) is 0 Å². The standard InChI is InChI=1S/C13H22N2O3S/c1-10(2)15(6-7-16)19(17,18)13-5-4-12(9-14)11(3)8-13/h4-5,8,10,16H,6-7,9,14H2,1-3H3. The Balaban J connectivity index is 3.22. The van der Waals surface area contributed by atoms with Gasteiger partial charge < -0.3 is 10.8 Å². The highest BCUT2D eigenvalue weighted by molar-refractivity contribution is 7.89. The molecule has 0 amide bonds. The van der Waals surface area contributed by atoms with Gasteiger partial charge in [-0.3, -0.25) is 0 Å². The molecule has 5 nitrogen and oxygen atoms in total. The Kier molecular flexibility index (Phi) is 5.49. The molecule has 0 bridgehead atoms. The molecule has 6 heteroatoms. The Morgan fingerprint density at radius 3 is 2.42 bits per heavy atom. The number of nitrogens with two attached hydrogens (primary N) is 1. The van der Waals surface area contributed by atoms with Gasteiger partial charge in [0.1, 0.15) is 0 Å². The van der Waals surface area contributed by atoms with Crippen molar-refractivity contribution in [2.24, 2.45) is 5.73 Å². The van der Waals surface area contributed by atoms with E-state index in [2.05, 4.69) is 0 Å². The van der Waals surface area contributed by atoms with Gasteiger partial charge in [-0.1, -0.05) is 6.07 Å². The van der Waals surface area contributed by atoms with Crippen LogP contribution < -0.4 is 5.73 Å². The number of hydrogen-bond donors (Lipinski definition) is 2. The van der Waals surface area contributed by atoms with Gasteiger partial charge in [-0.05, 0) is 44.0 Å². The van der Waals surface area contributed by atoms with Gasteiger partial charge in [0.2, 0.25) is 10.0 Å². The fourth-order valence-corrected chi connectivity index (χ4v) is 3.66. The number of aliphatic hydroxyl groups is 1. The van der Waals surface area contributed by atoms with Crippen LogP contribution in [-0.4, -0.2) is 37.0 Å². The van der Waals surface area contributed by atoms with E-state index in [0.717, 1.165) is 11.1 Å². The van der Waals surface area contributed by atoms with E-state index in [1.807, 2.05) is 6.92 Å². The minimum absolute atomic E-state index is 0.0949. The molecule has 19 heavy (non-hydrogen) atoms. The van der Waals surface area contributed by atoms with Crippen LogP contribution in [-0.2, 0) is 16.6 Å². The summed E-state index contributed by atoms with van der Waals surface area (Å²) in [7, 11) is -3.58. The quantitative estimate of drug-likeness (QED) is 0.812. The Morgan fingerprint density at radius 1 is 1.37 bits per heavy atom. The van der Waals surface area contributed by atoms with Crippen LogP contribution in [0.1, 0.15) is 25.0 Å².